The second kappa shape index (κ2) is 8.16. The fourth-order valence-electron chi connectivity index (χ4n) is 3.57. The van der Waals surface area contributed by atoms with Gasteiger partial charge in [0.2, 0.25) is 0 Å². The normalized spacial score (nSPS) is 10.7. The Morgan fingerprint density at radius 2 is 1.03 bits per heavy atom. The van der Waals surface area contributed by atoms with Gasteiger partial charge >= 0.3 is 6.03 Å². The highest BCUT2D eigenvalue weighted by molar-refractivity contribution is 6.08. The molecule has 0 fully saturated rings. The smallest absolute Gasteiger partial charge is 0.323 e. The maximum Gasteiger partial charge on any atom is 0.323 e. The molecule has 5 nitrogen and oxygen atoms in total. The number of carbonyl (C=O) groups is 1. The molecule has 0 bridgehead atoms. The zero-order valence-electron chi connectivity index (χ0n) is 16.7. The Hall–Kier alpha value is -4.38. The highest BCUT2D eigenvalue weighted by Crippen LogP contribution is 2.33. The van der Waals surface area contributed by atoms with Crippen molar-refractivity contribution in [3.63, 3.8) is 0 Å². The number of fused-ring (bicyclic) bond motifs is 2. The number of urea groups is 1. The van der Waals surface area contributed by atoms with Crippen LogP contribution in [0.1, 0.15) is 0 Å². The summed E-state index contributed by atoms with van der Waals surface area (Å²) in [7, 11) is 0. The number of benzene rings is 4. The Balaban J connectivity index is 1.38. The molecule has 0 spiro atoms. The third kappa shape index (κ3) is 4.02. The summed E-state index contributed by atoms with van der Waals surface area (Å²) in [6.45, 7) is 0. The number of carbonyl (C=O) groups excluding carboxylic acids is 1. The first kappa shape index (κ1) is 18.6. The van der Waals surface area contributed by atoms with Gasteiger partial charge in [-0.25, -0.2) is 9.78 Å². The number of amides is 2. The average molecular weight is 404 g/mol. The van der Waals surface area contributed by atoms with E-state index in [1.165, 1.54) is 0 Å². The van der Waals surface area contributed by atoms with Gasteiger partial charge in [-0.05, 0) is 48.5 Å². The van der Waals surface area contributed by atoms with Crippen LogP contribution in [-0.2, 0) is 0 Å². The van der Waals surface area contributed by atoms with Gasteiger partial charge in [0.05, 0.1) is 16.7 Å². The van der Waals surface area contributed by atoms with Crippen molar-refractivity contribution in [1.82, 2.24) is 4.98 Å². The van der Waals surface area contributed by atoms with Crippen LogP contribution in [0.15, 0.2) is 103 Å². The van der Waals surface area contributed by atoms with E-state index in [0.29, 0.717) is 5.69 Å². The standard InChI is InChI=1S/C26H20N4O/c31-26(28-18-8-2-1-3-9-18)29-20-16-14-19(15-17-20)27-25-21-10-4-6-12-23(21)30-24-13-7-5-11-22(24)25/h1-17H,(H,27,30)(H2,28,29,31). The van der Waals surface area contributed by atoms with Crippen LogP contribution in [0.25, 0.3) is 21.8 Å². The van der Waals surface area contributed by atoms with Gasteiger partial charge in [-0.1, -0.05) is 54.6 Å². The lowest BCUT2D eigenvalue weighted by atomic mass is 10.1. The van der Waals surface area contributed by atoms with Crippen molar-refractivity contribution in [1.29, 1.82) is 0 Å². The predicted octanol–water partition coefficient (Wildman–Crippen LogP) is 6.78. The molecule has 5 rings (SSSR count). The number of para-hydroxylation sites is 3. The van der Waals surface area contributed by atoms with Crippen LogP contribution >= 0.6 is 0 Å². The highest BCUT2D eigenvalue weighted by atomic mass is 16.2. The molecule has 0 saturated carbocycles. The maximum atomic E-state index is 12.2. The van der Waals surface area contributed by atoms with Gasteiger partial charge in [-0.3, -0.25) is 0 Å². The molecule has 4 aromatic carbocycles. The number of hydrogen-bond donors (Lipinski definition) is 3. The molecule has 5 heteroatoms. The molecule has 1 aromatic heterocycles. The van der Waals surface area contributed by atoms with Gasteiger partial charge in [-0.15, -0.1) is 0 Å². The minimum Gasteiger partial charge on any atom is -0.354 e. The molecular formula is C26H20N4O. The Labute approximate surface area is 179 Å². The lowest BCUT2D eigenvalue weighted by Crippen LogP contribution is -2.19. The van der Waals surface area contributed by atoms with Crippen LogP contribution in [0.5, 0.6) is 0 Å². The largest absolute Gasteiger partial charge is 0.354 e. The maximum absolute atomic E-state index is 12.2. The molecule has 3 N–H and O–H groups in total. The van der Waals surface area contributed by atoms with Gasteiger partial charge in [0.15, 0.2) is 0 Å². The number of anilines is 4. The quantitative estimate of drug-likeness (QED) is 0.289. The molecule has 31 heavy (non-hydrogen) atoms. The van der Waals surface area contributed by atoms with E-state index < -0.39 is 0 Å². The van der Waals surface area contributed by atoms with Gasteiger partial charge in [0.25, 0.3) is 0 Å². The molecule has 0 aliphatic carbocycles. The van der Waals surface area contributed by atoms with Gasteiger partial charge in [0, 0.05) is 27.8 Å². The topological polar surface area (TPSA) is 66.1 Å². The van der Waals surface area contributed by atoms with Crippen molar-refractivity contribution in [2.75, 3.05) is 16.0 Å². The molecule has 0 atom stereocenters. The van der Waals surface area contributed by atoms with Crippen LogP contribution in [0.2, 0.25) is 0 Å². The van der Waals surface area contributed by atoms with E-state index in [1.54, 1.807) is 0 Å². The summed E-state index contributed by atoms with van der Waals surface area (Å²) in [4.78, 5) is 17.0. The SMILES string of the molecule is O=C(Nc1ccccc1)Nc1ccc(Nc2c3ccccc3nc3ccccc23)cc1. The summed E-state index contributed by atoms with van der Waals surface area (Å²) in [6.07, 6.45) is 0. The molecule has 5 aromatic rings. The fraction of sp³-hybridized carbons (Fsp3) is 0. The molecule has 0 saturated heterocycles. The third-order valence-corrected chi connectivity index (χ3v) is 5.03. The minimum absolute atomic E-state index is 0.280. The molecule has 2 amide bonds. The lowest BCUT2D eigenvalue weighted by molar-refractivity contribution is 0.262. The van der Waals surface area contributed by atoms with Gasteiger partial charge < -0.3 is 16.0 Å². The summed E-state index contributed by atoms with van der Waals surface area (Å²) in [5.74, 6) is 0. The number of pyridine rings is 1. The van der Waals surface area contributed by atoms with E-state index in [4.69, 9.17) is 4.98 Å². The van der Waals surface area contributed by atoms with Crippen molar-refractivity contribution in [3.8, 4) is 0 Å². The monoisotopic (exact) mass is 404 g/mol. The summed E-state index contributed by atoms with van der Waals surface area (Å²) < 4.78 is 0. The summed E-state index contributed by atoms with van der Waals surface area (Å²) in [6, 6.07) is 32.9. The van der Waals surface area contributed by atoms with Crippen LogP contribution in [-0.4, -0.2) is 11.0 Å². The van der Waals surface area contributed by atoms with E-state index in [1.807, 2.05) is 91.0 Å². The zero-order chi connectivity index (χ0) is 21.0. The van der Waals surface area contributed by atoms with Crippen molar-refractivity contribution < 1.29 is 4.79 Å². The highest BCUT2D eigenvalue weighted by Gasteiger charge is 2.09. The van der Waals surface area contributed by atoms with E-state index in [2.05, 4.69) is 28.1 Å². The Kier molecular flexibility index (Phi) is 4.91. The summed E-state index contributed by atoms with van der Waals surface area (Å²) >= 11 is 0. The minimum atomic E-state index is -0.280. The second-order valence-electron chi connectivity index (χ2n) is 7.17. The number of rotatable bonds is 4. The van der Waals surface area contributed by atoms with Crippen molar-refractivity contribution in [3.05, 3.63) is 103 Å². The Morgan fingerprint density at radius 1 is 0.548 bits per heavy atom. The van der Waals surface area contributed by atoms with Crippen molar-refractivity contribution in [2.45, 2.75) is 0 Å². The second-order valence-corrected chi connectivity index (χ2v) is 7.17. The summed E-state index contributed by atoms with van der Waals surface area (Å²) in [5.41, 5.74) is 5.29. The Bertz CT molecular complexity index is 1310. The van der Waals surface area contributed by atoms with Crippen LogP contribution in [0, 0.1) is 0 Å². The average Bonchev–Trinajstić information content (AvgIpc) is 2.81. The van der Waals surface area contributed by atoms with Gasteiger partial charge in [-0.2, -0.15) is 0 Å². The first-order valence-corrected chi connectivity index (χ1v) is 10.0. The van der Waals surface area contributed by atoms with E-state index in [9.17, 15) is 4.79 Å². The number of hydrogen-bond acceptors (Lipinski definition) is 3. The number of aromatic nitrogens is 1. The fourth-order valence-corrected chi connectivity index (χ4v) is 3.57. The third-order valence-electron chi connectivity index (χ3n) is 5.03. The molecule has 0 radical (unpaired) electrons. The molecule has 0 aliphatic heterocycles. The van der Waals surface area contributed by atoms with Crippen molar-refractivity contribution in [2.24, 2.45) is 0 Å². The van der Waals surface area contributed by atoms with E-state index in [-0.39, 0.29) is 6.03 Å². The van der Waals surface area contributed by atoms with Gasteiger partial charge in [0.1, 0.15) is 0 Å². The lowest BCUT2D eigenvalue weighted by Gasteiger charge is -2.14. The predicted molar refractivity (Wildman–Crippen MR) is 128 cm³/mol. The van der Waals surface area contributed by atoms with E-state index >= 15 is 0 Å². The first-order valence-electron chi connectivity index (χ1n) is 10.0. The molecule has 150 valence electrons. The Morgan fingerprint density at radius 3 is 1.65 bits per heavy atom. The molecule has 1 heterocycles. The first-order chi connectivity index (χ1) is 15.3. The molecular weight excluding hydrogens is 384 g/mol. The summed E-state index contributed by atoms with van der Waals surface area (Å²) in [5, 5.41) is 11.3. The van der Waals surface area contributed by atoms with Crippen LogP contribution in [0.4, 0.5) is 27.5 Å². The molecule has 0 unspecified atom stereocenters. The number of nitrogens with one attached hydrogen (secondary N) is 3. The zero-order valence-corrected chi connectivity index (χ0v) is 16.7. The van der Waals surface area contributed by atoms with Crippen LogP contribution in [0.3, 0.4) is 0 Å². The van der Waals surface area contributed by atoms with E-state index in [0.717, 1.165) is 38.9 Å². The number of nitrogens with zero attached hydrogens (tertiary/aromatic N) is 1. The van der Waals surface area contributed by atoms with Crippen molar-refractivity contribution >= 4 is 50.6 Å². The molecule has 0 aliphatic rings. The van der Waals surface area contributed by atoms with Crippen LogP contribution < -0.4 is 16.0 Å².